The Hall–Kier alpha value is -1.15. The number of hydrogen-bond donors (Lipinski definition) is 0. The lowest BCUT2D eigenvalue weighted by Crippen LogP contribution is -2.55. The lowest BCUT2D eigenvalue weighted by Gasteiger charge is -2.57. The second-order valence-electron chi connectivity index (χ2n) is 9.44. The first kappa shape index (κ1) is 15.0. The summed E-state index contributed by atoms with van der Waals surface area (Å²) in [4.78, 5) is 11.9. The molecule has 3 fully saturated rings. The highest BCUT2D eigenvalue weighted by molar-refractivity contribution is 5.91. The number of carbonyl (C=O) groups is 1. The highest BCUT2D eigenvalue weighted by atomic mass is 16.5. The van der Waals surface area contributed by atoms with Crippen LogP contribution in [0.15, 0.2) is 36.0 Å². The zero-order valence-electron chi connectivity index (χ0n) is 15.1. The Balaban J connectivity index is 1.44. The van der Waals surface area contributed by atoms with E-state index in [0.29, 0.717) is 23.0 Å². The van der Waals surface area contributed by atoms with E-state index in [2.05, 4.69) is 31.2 Å². The van der Waals surface area contributed by atoms with E-state index < -0.39 is 0 Å². The number of carbonyl (C=O) groups excluding carboxylic acids is 1. The topological polar surface area (TPSA) is 26.3 Å². The van der Waals surface area contributed by atoms with Gasteiger partial charge in [0, 0.05) is 11.8 Å². The third-order valence-corrected chi connectivity index (χ3v) is 9.00. The Morgan fingerprint density at radius 2 is 2.20 bits per heavy atom. The minimum absolute atomic E-state index is 0.0501. The van der Waals surface area contributed by atoms with Gasteiger partial charge in [0.2, 0.25) is 0 Å². The molecule has 1 spiro atoms. The van der Waals surface area contributed by atoms with Crippen LogP contribution in [0.2, 0.25) is 0 Å². The molecule has 0 aromatic heterocycles. The Labute approximate surface area is 150 Å². The zero-order valence-corrected chi connectivity index (χ0v) is 15.1. The molecule has 8 atom stereocenters. The number of ketones is 1. The summed E-state index contributed by atoms with van der Waals surface area (Å²) in [5, 5.41) is 0. The third kappa shape index (κ3) is 1.64. The van der Waals surface area contributed by atoms with Gasteiger partial charge in [-0.1, -0.05) is 31.2 Å². The molecular formula is C23H28O2. The van der Waals surface area contributed by atoms with Gasteiger partial charge in [0.05, 0.1) is 12.2 Å². The second kappa shape index (κ2) is 4.76. The fourth-order valence-corrected chi connectivity index (χ4v) is 8.15. The Kier molecular flexibility index (Phi) is 2.85. The van der Waals surface area contributed by atoms with Crippen molar-refractivity contribution in [2.24, 2.45) is 40.9 Å². The molecule has 3 saturated carbocycles. The lowest BCUT2D eigenvalue weighted by atomic mass is 9.49. The molecule has 1 heterocycles. The van der Waals surface area contributed by atoms with E-state index in [0.717, 1.165) is 43.1 Å². The molecule has 0 saturated heterocycles. The SMILES string of the molecule is CC[C@]12CC[C@H]3[C@@H](C=CC4=CC(=O)CC[C@@H]43)[C@@H]1[C@@H]1C[C@@H]1[C@@]21C=CCO1. The van der Waals surface area contributed by atoms with E-state index in [1.54, 1.807) is 0 Å². The molecule has 0 aromatic rings. The van der Waals surface area contributed by atoms with Gasteiger partial charge in [-0.3, -0.25) is 4.79 Å². The molecule has 0 unspecified atom stereocenters. The average Bonchev–Trinajstić information content (AvgIpc) is 3.20. The van der Waals surface area contributed by atoms with E-state index >= 15 is 0 Å². The number of hydrogen-bond acceptors (Lipinski definition) is 2. The summed E-state index contributed by atoms with van der Waals surface area (Å²) in [5.41, 5.74) is 1.73. The maximum Gasteiger partial charge on any atom is 0.155 e. The van der Waals surface area contributed by atoms with Crippen LogP contribution in [0.25, 0.3) is 0 Å². The highest BCUT2D eigenvalue weighted by Gasteiger charge is 2.77. The maximum absolute atomic E-state index is 11.9. The standard InChI is InChI=1S/C23H28O2/c1-2-22-10-8-17-16-7-5-15(24)12-14(16)4-6-18(17)21(22)19-13-20(19)23(22)9-3-11-25-23/h3-4,6,9,12,16-21H,2,5,7-8,10-11,13H2,1H3/t16-,17+,18+,19+,20-,21+,22-,23-/m0/s1. The predicted molar refractivity (Wildman–Crippen MR) is 96.8 cm³/mol. The van der Waals surface area contributed by atoms with Gasteiger partial charge in [-0.2, -0.15) is 0 Å². The molecule has 6 aliphatic rings. The molecule has 2 heteroatoms. The van der Waals surface area contributed by atoms with E-state index in [4.69, 9.17) is 4.74 Å². The normalized spacial score (nSPS) is 54.8. The van der Waals surface area contributed by atoms with Gasteiger partial charge < -0.3 is 4.74 Å². The lowest BCUT2D eigenvalue weighted by molar-refractivity contribution is -0.133. The van der Waals surface area contributed by atoms with Crippen LogP contribution in [0.4, 0.5) is 0 Å². The summed E-state index contributed by atoms with van der Waals surface area (Å²) in [7, 11) is 0. The fraction of sp³-hybridized carbons (Fsp3) is 0.696. The summed E-state index contributed by atoms with van der Waals surface area (Å²) < 4.78 is 6.53. The van der Waals surface area contributed by atoms with E-state index in [-0.39, 0.29) is 5.60 Å². The number of ether oxygens (including phenoxy) is 1. The van der Waals surface area contributed by atoms with Crippen molar-refractivity contribution in [1.82, 2.24) is 0 Å². The van der Waals surface area contributed by atoms with Crippen LogP contribution in [0.5, 0.6) is 0 Å². The quantitative estimate of drug-likeness (QED) is 0.660. The average molecular weight is 336 g/mol. The number of fused-ring (bicyclic) bond motifs is 9. The molecule has 2 nitrogen and oxygen atoms in total. The Morgan fingerprint density at radius 3 is 3.00 bits per heavy atom. The molecule has 0 bridgehead atoms. The molecule has 6 rings (SSSR count). The Morgan fingerprint density at radius 1 is 1.28 bits per heavy atom. The molecule has 132 valence electrons. The minimum atomic E-state index is 0.0501. The van der Waals surface area contributed by atoms with Gasteiger partial charge in [-0.15, -0.1) is 0 Å². The molecule has 0 aromatic carbocycles. The van der Waals surface area contributed by atoms with Gasteiger partial charge in [0.25, 0.3) is 0 Å². The molecule has 0 amide bonds. The van der Waals surface area contributed by atoms with Gasteiger partial charge in [0.15, 0.2) is 5.78 Å². The van der Waals surface area contributed by atoms with E-state index in [9.17, 15) is 4.79 Å². The van der Waals surface area contributed by atoms with Crippen molar-refractivity contribution in [3.63, 3.8) is 0 Å². The number of allylic oxidation sites excluding steroid dienone is 4. The minimum Gasteiger partial charge on any atom is -0.366 e. The first-order valence-electron chi connectivity index (χ1n) is 10.4. The van der Waals surface area contributed by atoms with E-state index in [1.807, 2.05) is 6.08 Å². The van der Waals surface area contributed by atoms with Crippen molar-refractivity contribution in [2.75, 3.05) is 6.61 Å². The van der Waals surface area contributed by atoms with Gasteiger partial charge in [-0.25, -0.2) is 0 Å². The van der Waals surface area contributed by atoms with Crippen LogP contribution in [-0.4, -0.2) is 18.0 Å². The maximum atomic E-state index is 11.9. The first-order valence-corrected chi connectivity index (χ1v) is 10.4. The second-order valence-corrected chi connectivity index (χ2v) is 9.44. The van der Waals surface area contributed by atoms with Crippen molar-refractivity contribution >= 4 is 5.78 Å². The van der Waals surface area contributed by atoms with E-state index in [1.165, 1.54) is 31.3 Å². The Bertz CT molecular complexity index is 730. The monoisotopic (exact) mass is 336 g/mol. The van der Waals surface area contributed by atoms with Crippen molar-refractivity contribution in [3.05, 3.63) is 36.0 Å². The van der Waals surface area contributed by atoms with Crippen molar-refractivity contribution in [3.8, 4) is 0 Å². The third-order valence-electron chi connectivity index (χ3n) is 9.00. The summed E-state index contributed by atoms with van der Waals surface area (Å²) in [6.07, 6.45) is 18.6. The van der Waals surface area contributed by atoms with Crippen LogP contribution in [0.1, 0.15) is 45.4 Å². The number of rotatable bonds is 1. The van der Waals surface area contributed by atoms with Crippen LogP contribution in [0, 0.1) is 40.9 Å². The molecule has 0 radical (unpaired) electrons. The summed E-state index contributed by atoms with van der Waals surface area (Å²) in [6, 6.07) is 0. The van der Waals surface area contributed by atoms with Gasteiger partial charge >= 0.3 is 0 Å². The predicted octanol–water partition coefficient (Wildman–Crippen LogP) is 4.48. The molecule has 1 aliphatic heterocycles. The van der Waals surface area contributed by atoms with Crippen LogP contribution in [-0.2, 0) is 9.53 Å². The summed E-state index contributed by atoms with van der Waals surface area (Å²) >= 11 is 0. The van der Waals surface area contributed by atoms with Crippen molar-refractivity contribution < 1.29 is 9.53 Å². The van der Waals surface area contributed by atoms with Crippen molar-refractivity contribution in [2.45, 2.75) is 51.0 Å². The first-order chi connectivity index (χ1) is 12.2. The highest BCUT2D eigenvalue weighted by Crippen LogP contribution is 2.78. The van der Waals surface area contributed by atoms with Gasteiger partial charge in [-0.05, 0) is 79.3 Å². The van der Waals surface area contributed by atoms with Crippen LogP contribution >= 0.6 is 0 Å². The zero-order chi connectivity index (χ0) is 16.8. The van der Waals surface area contributed by atoms with Crippen molar-refractivity contribution in [1.29, 1.82) is 0 Å². The van der Waals surface area contributed by atoms with Gasteiger partial charge in [0.1, 0.15) is 0 Å². The fourth-order valence-electron chi connectivity index (χ4n) is 8.15. The smallest absolute Gasteiger partial charge is 0.155 e. The van der Waals surface area contributed by atoms with Crippen LogP contribution < -0.4 is 0 Å². The molecule has 5 aliphatic carbocycles. The van der Waals surface area contributed by atoms with Crippen LogP contribution in [0.3, 0.4) is 0 Å². The molecule has 0 N–H and O–H groups in total. The largest absolute Gasteiger partial charge is 0.366 e. The summed E-state index contributed by atoms with van der Waals surface area (Å²) in [5.74, 6) is 4.87. The molecular weight excluding hydrogens is 308 g/mol. The summed E-state index contributed by atoms with van der Waals surface area (Å²) in [6.45, 7) is 3.23. The molecule has 25 heavy (non-hydrogen) atoms.